The fraction of sp³-hybridized carbons (Fsp3) is 0.680. The third kappa shape index (κ3) is 3.78. The molecule has 3 aliphatic carbocycles. The first kappa shape index (κ1) is 18.3. The van der Waals surface area contributed by atoms with Crippen molar-refractivity contribution in [3.63, 3.8) is 0 Å². The lowest BCUT2D eigenvalue weighted by atomic mass is 9.61. The summed E-state index contributed by atoms with van der Waals surface area (Å²) in [7, 11) is 0. The molecule has 2 fully saturated rings. The molecule has 0 nitrogen and oxygen atoms in total. The Bertz CT molecular complexity index is 646. The standard InChI is InChI=1S/C25H35F/c1-3-4-5-23-14-22-11-10-21(15-24(22)16-25(23)26)20-9-8-18-12-17(2)6-7-19(18)13-20/h3,14,16-21H,1,4-13,15H2,2H3. The molecule has 4 rings (SSSR count). The van der Waals surface area contributed by atoms with Gasteiger partial charge in [0.2, 0.25) is 0 Å². The van der Waals surface area contributed by atoms with Gasteiger partial charge in [0.25, 0.3) is 0 Å². The molecule has 0 heterocycles. The van der Waals surface area contributed by atoms with E-state index in [1.54, 1.807) is 0 Å². The van der Waals surface area contributed by atoms with Crippen LogP contribution in [0.2, 0.25) is 0 Å². The number of hydrogen-bond acceptors (Lipinski definition) is 0. The fourth-order valence-electron chi connectivity index (χ4n) is 6.30. The number of hydrogen-bond donors (Lipinski definition) is 0. The first-order valence-electron chi connectivity index (χ1n) is 11.0. The molecule has 5 unspecified atom stereocenters. The van der Waals surface area contributed by atoms with Crippen molar-refractivity contribution in [3.05, 3.63) is 47.3 Å². The van der Waals surface area contributed by atoms with Gasteiger partial charge in [-0.15, -0.1) is 6.58 Å². The Labute approximate surface area is 159 Å². The van der Waals surface area contributed by atoms with Gasteiger partial charge in [-0.2, -0.15) is 0 Å². The van der Waals surface area contributed by atoms with Gasteiger partial charge >= 0.3 is 0 Å². The molecular weight excluding hydrogens is 319 g/mol. The zero-order valence-corrected chi connectivity index (χ0v) is 16.5. The molecule has 0 saturated heterocycles. The lowest BCUT2D eigenvalue weighted by Crippen LogP contribution is -2.34. The Balaban J connectivity index is 1.42. The van der Waals surface area contributed by atoms with E-state index in [0.29, 0.717) is 0 Å². The Kier molecular flexibility index (Phi) is 5.53. The predicted molar refractivity (Wildman–Crippen MR) is 108 cm³/mol. The quantitative estimate of drug-likeness (QED) is 0.516. The van der Waals surface area contributed by atoms with E-state index in [1.165, 1.54) is 56.1 Å². The van der Waals surface area contributed by atoms with Gasteiger partial charge in [0.15, 0.2) is 0 Å². The zero-order valence-electron chi connectivity index (χ0n) is 16.5. The normalized spacial score (nSPS) is 34.0. The third-order valence-corrected chi connectivity index (χ3v) is 7.84. The minimum absolute atomic E-state index is 0.0104. The van der Waals surface area contributed by atoms with Crippen molar-refractivity contribution >= 4 is 0 Å². The number of halogens is 1. The highest BCUT2D eigenvalue weighted by molar-refractivity contribution is 5.35. The van der Waals surface area contributed by atoms with Crippen LogP contribution in [0.5, 0.6) is 0 Å². The molecule has 0 aliphatic heterocycles. The summed E-state index contributed by atoms with van der Waals surface area (Å²) in [6.07, 6.45) is 15.8. The Morgan fingerprint density at radius 3 is 2.50 bits per heavy atom. The number of allylic oxidation sites excluding steroid dienone is 1. The van der Waals surface area contributed by atoms with Gasteiger partial charge in [0, 0.05) is 0 Å². The van der Waals surface area contributed by atoms with Crippen LogP contribution in [0.4, 0.5) is 4.39 Å². The number of rotatable bonds is 4. The monoisotopic (exact) mass is 354 g/mol. The average molecular weight is 355 g/mol. The average Bonchev–Trinajstić information content (AvgIpc) is 2.65. The summed E-state index contributed by atoms with van der Waals surface area (Å²) in [5.41, 5.74) is 3.61. The van der Waals surface area contributed by atoms with Crippen LogP contribution in [-0.2, 0) is 19.3 Å². The van der Waals surface area contributed by atoms with E-state index >= 15 is 0 Å². The topological polar surface area (TPSA) is 0 Å². The summed E-state index contributed by atoms with van der Waals surface area (Å²) in [5.74, 6) is 4.64. The second kappa shape index (κ2) is 7.87. The highest BCUT2D eigenvalue weighted by Crippen LogP contribution is 2.48. The van der Waals surface area contributed by atoms with Crippen molar-refractivity contribution in [2.24, 2.45) is 29.6 Å². The molecule has 2 saturated carbocycles. The molecule has 3 aliphatic rings. The van der Waals surface area contributed by atoms with Crippen LogP contribution in [-0.4, -0.2) is 0 Å². The first-order valence-corrected chi connectivity index (χ1v) is 11.0. The van der Waals surface area contributed by atoms with E-state index in [1.807, 2.05) is 12.1 Å². The molecule has 0 spiro atoms. The van der Waals surface area contributed by atoms with E-state index in [0.717, 1.165) is 60.8 Å². The molecule has 0 aromatic heterocycles. The molecule has 0 amide bonds. The summed E-state index contributed by atoms with van der Waals surface area (Å²) in [6.45, 7) is 6.21. The van der Waals surface area contributed by atoms with Crippen LogP contribution < -0.4 is 0 Å². The molecule has 0 N–H and O–H groups in total. The van der Waals surface area contributed by atoms with Gasteiger partial charge in [-0.3, -0.25) is 0 Å². The minimum atomic E-state index is 0.0104. The molecule has 1 aromatic rings. The van der Waals surface area contributed by atoms with E-state index in [4.69, 9.17) is 0 Å². The number of aryl methyl sites for hydroxylation is 2. The molecule has 0 bridgehead atoms. The SMILES string of the molecule is C=CCCc1cc2c(cc1F)CC(C1CCC3CC(C)CCC3C1)CC2. The minimum Gasteiger partial charge on any atom is -0.207 e. The van der Waals surface area contributed by atoms with Gasteiger partial charge in [0.05, 0.1) is 0 Å². The fourth-order valence-corrected chi connectivity index (χ4v) is 6.30. The van der Waals surface area contributed by atoms with E-state index < -0.39 is 0 Å². The van der Waals surface area contributed by atoms with Gasteiger partial charge in [-0.1, -0.05) is 25.5 Å². The lowest BCUT2D eigenvalue weighted by Gasteiger charge is -2.44. The summed E-state index contributed by atoms with van der Waals surface area (Å²) in [6, 6.07) is 4.03. The van der Waals surface area contributed by atoms with Crippen molar-refractivity contribution in [1.29, 1.82) is 0 Å². The Morgan fingerprint density at radius 2 is 1.69 bits per heavy atom. The maximum absolute atomic E-state index is 14.5. The van der Waals surface area contributed by atoms with E-state index in [9.17, 15) is 4.39 Å². The van der Waals surface area contributed by atoms with E-state index in [2.05, 4.69) is 19.6 Å². The van der Waals surface area contributed by atoms with Gasteiger partial charge < -0.3 is 0 Å². The van der Waals surface area contributed by atoms with Crippen LogP contribution in [0.15, 0.2) is 24.8 Å². The predicted octanol–water partition coefficient (Wildman–Crippen LogP) is 6.90. The highest BCUT2D eigenvalue weighted by atomic mass is 19.1. The third-order valence-electron chi connectivity index (χ3n) is 7.84. The molecule has 5 atom stereocenters. The van der Waals surface area contributed by atoms with E-state index in [-0.39, 0.29) is 5.82 Å². The van der Waals surface area contributed by atoms with Crippen molar-refractivity contribution < 1.29 is 4.39 Å². The Morgan fingerprint density at radius 1 is 0.962 bits per heavy atom. The summed E-state index contributed by atoms with van der Waals surface area (Å²) in [4.78, 5) is 0. The molecule has 0 radical (unpaired) electrons. The van der Waals surface area contributed by atoms with Crippen LogP contribution in [0, 0.1) is 35.4 Å². The van der Waals surface area contributed by atoms with Crippen LogP contribution in [0.1, 0.15) is 75.0 Å². The van der Waals surface area contributed by atoms with Gasteiger partial charge in [-0.25, -0.2) is 4.39 Å². The largest absolute Gasteiger partial charge is 0.207 e. The molecule has 26 heavy (non-hydrogen) atoms. The molecule has 1 aromatic carbocycles. The lowest BCUT2D eigenvalue weighted by molar-refractivity contribution is 0.0757. The Hall–Kier alpha value is -1.11. The maximum atomic E-state index is 14.5. The van der Waals surface area contributed by atoms with Crippen molar-refractivity contribution in [2.75, 3.05) is 0 Å². The summed E-state index contributed by atoms with van der Waals surface area (Å²) in [5, 5.41) is 0. The molecule has 142 valence electrons. The smallest absolute Gasteiger partial charge is 0.126 e. The molecule has 1 heteroatoms. The number of benzene rings is 1. The van der Waals surface area contributed by atoms with Crippen LogP contribution in [0.3, 0.4) is 0 Å². The maximum Gasteiger partial charge on any atom is 0.126 e. The van der Waals surface area contributed by atoms with Gasteiger partial charge in [0.1, 0.15) is 5.82 Å². The highest BCUT2D eigenvalue weighted by Gasteiger charge is 2.37. The second-order valence-corrected chi connectivity index (χ2v) is 9.55. The van der Waals surface area contributed by atoms with Crippen molar-refractivity contribution in [2.45, 2.75) is 77.6 Å². The van der Waals surface area contributed by atoms with Gasteiger partial charge in [-0.05, 0) is 117 Å². The zero-order chi connectivity index (χ0) is 18.1. The second-order valence-electron chi connectivity index (χ2n) is 9.55. The van der Waals surface area contributed by atoms with Crippen LogP contribution >= 0.6 is 0 Å². The molecular formula is C25H35F. The van der Waals surface area contributed by atoms with Crippen molar-refractivity contribution in [3.8, 4) is 0 Å². The summed E-state index contributed by atoms with van der Waals surface area (Å²) < 4.78 is 14.5. The van der Waals surface area contributed by atoms with Crippen molar-refractivity contribution in [1.82, 2.24) is 0 Å². The van der Waals surface area contributed by atoms with Crippen LogP contribution in [0.25, 0.3) is 0 Å². The first-order chi connectivity index (χ1) is 12.6. The number of fused-ring (bicyclic) bond motifs is 2. The summed E-state index contributed by atoms with van der Waals surface area (Å²) >= 11 is 0.